The van der Waals surface area contributed by atoms with Gasteiger partial charge in [-0.2, -0.15) is 0 Å². The summed E-state index contributed by atoms with van der Waals surface area (Å²) < 4.78 is 0. The van der Waals surface area contributed by atoms with Crippen molar-refractivity contribution in [1.82, 2.24) is 5.32 Å². The Morgan fingerprint density at radius 3 is 2.50 bits per heavy atom. The summed E-state index contributed by atoms with van der Waals surface area (Å²) >= 11 is 3.72. The van der Waals surface area contributed by atoms with E-state index in [1.165, 1.54) is 25.7 Å². The zero-order valence-corrected chi connectivity index (χ0v) is 12.1. The van der Waals surface area contributed by atoms with Crippen LogP contribution in [-0.4, -0.2) is 17.3 Å². The Hall–Kier alpha value is -0.0500. The van der Waals surface area contributed by atoms with Crippen LogP contribution in [0.4, 0.5) is 0 Å². The zero-order valence-electron chi connectivity index (χ0n) is 10.5. The second kappa shape index (κ2) is 7.31. The van der Waals surface area contributed by atoms with Crippen molar-refractivity contribution in [2.75, 3.05) is 6.54 Å². The summed E-state index contributed by atoms with van der Waals surface area (Å²) in [6, 6.07) is 0. The molecule has 0 aromatic heterocycles. The first-order valence-electron chi connectivity index (χ1n) is 6.60. The second-order valence-electron chi connectivity index (χ2n) is 4.82. The van der Waals surface area contributed by atoms with Gasteiger partial charge in [0.2, 0.25) is 5.91 Å². The highest BCUT2D eigenvalue weighted by molar-refractivity contribution is 9.09. The van der Waals surface area contributed by atoms with E-state index in [9.17, 15) is 4.79 Å². The molecule has 2 atom stereocenters. The van der Waals surface area contributed by atoms with E-state index >= 15 is 0 Å². The number of alkyl halides is 1. The van der Waals surface area contributed by atoms with Crippen molar-refractivity contribution in [2.24, 2.45) is 11.8 Å². The van der Waals surface area contributed by atoms with Crippen molar-refractivity contribution in [3.8, 4) is 0 Å². The lowest BCUT2D eigenvalue weighted by molar-refractivity contribution is -0.125. The predicted octanol–water partition coefficient (Wildman–Crippen LogP) is 3.49. The van der Waals surface area contributed by atoms with Gasteiger partial charge in [0, 0.05) is 17.3 Å². The van der Waals surface area contributed by atoms with Crippen molar-refractivity contribution in [3.05, 3.63) is 0 Å². The molecule has 2 nitrogen and oxygen atoms in total. The van der Waals surface area contributed by atoms with Crippen LogP contribution in [0.25, 0.3) is 0 Å². The molecule has 1 rings (SSSR count). The van der Waals surface area contributed by atoms with Crippen molar-refractivity contribution in [3.63, 3.8) is 0 Å². The average molecular weight is 290 g/mol. The lowest BCUT2D eigenvalue weighted by Crippen LogP contribution is -2.37. The number of rotatable bonds is 5. The van der Waals surface area contributed by atoms with Gasteiger partial charge in [-0.1, -0.05) is 42.6 Å². The summed E-state index contributed by atoms with van der Waals surface area (Å²) in [7, 11) is 0. The van der Waals surface area contributed by atoms with Gasteiger partial charge in [-0.3, -0.25) is 4.79 Å². The molecule has 0 aromatic rings. The van der Waals surface area contributed by atoms with Gasteiger partial charge in [-0.25, -0.2) is 0 Å². The summed E-state index contributed by atoms with van der Waals surface area (Å²) in [5.74, 6) is 1.08. The second-order valence-corrected chi connectivity index (χ2v) is 6.00. The van der Waals surface area contributed by atoms with Gasteiger partial charge >= 0.3 is 0 Å². The third-order valence-corrected chi connectivity index (χ3v) is 4.92. The maximum Gasteiger partial charge on any atom is 0.223 e. The minimum Gasteiger partial charge on any atom is -0.356 e. The molecule has 1 N–H and O–H groups in total. The monoisotopic (exact) mass is 289 g/mol. The van der Waals surface area contributed by atoms with Gasteiger partial charge in [-0.15, -0.1) is 0 Å². The zero-order chi connectivity index (χ0) is 12.0. The molecule has 0 bridgehead atoms. The summed E-state index contributed by atoms with van der Waals surface area (Å²) in [4.78, 5) is 12.4. The maximum absolute atomic E-state index is 11.8. The highest BCUT2D eigenvalue weighted by atomic mass is 79.9. The first-order valence-corrected chi connectivity index (χ1v) is 7.52. The van der Waals surface area contributed by atoms with Crippen LogP contribution >= 0.6 is 15.9 Å². The number of nitrogens with one attached hydrogen (secondary N) is 1. The lowest BCUT2D eigenvalue weighted by Gasteiger charge is -2.28. The first kappa shape index (κ1) is 14.0. The third kappa shape index (κ3) is 4.08. The Morgan fingerprint density at radius 1 is 1.31 bits per heavy atom. The fourth-order valence-corrected chi connectivity index (χ4v) is 3.20. The quantitative estimate of drug-likeness (QED) is 0.772. The van der Waals surface area contributed by atoms with E-state index in [4.69, 9.17) is 0 Å². The fourth-order valence-electron chi connectivity index (χ4n) is 2.43. The number of carbonyl (C=O) groups excluding carboxylic acids is 1. The molecule has 0 aromatic carbocycles. The van der Waals surface area contributed by atoms with Gasteiger partial charge in [0.05, 0.1) is 0 Å². The van der Waals surface area contributed by atoms with Gasteiger partial charge in [-0.05, 0) is 31.6 Å². The molecule has 94 valence electrons. The molecule has 0 heterocycles. The van der Waals surface area contributed by atoms with E-state index in [2.05, 4.69) is 35.1 Å². The Balaban J connectivity index is 2.29. The van der Waals surface area contributed by atoms with E-state index in [0.717, 1.165) is 19.4 Å². The van der Waals surface area contributed by atoms with Crippen LogP contribution in [0.3, 0.4) is 0 Å². The first-order chi connectivity index (χ1) is 7.69. The highest BCUT2D eigenvalue weighted by Crippen LogP contribution is 2.29. The van der Waals surface area contributed by atoms with Gasteiger partial charge in [0.15, 0.2) is 0 Å². The van der Waals surface area contributed by atoms with Gasteiger partial charge in [0.1, 0.15) is 0 Å². The fraction of sp³-hybridized carbons (Fsp3) is 0.923. The third-order valence-electron chi connectivity index (χ3n) is 3.71. The number of carbonyl (C=O) groups is 1. The van der Waals surface area contributed by atoms with Crippen molar-refractivity contribution >= 4 is 21.8 Å². The smallest absolute Gasteiger partial charge is 0.223 e. The van der Waals surface area contributed by atoms with E-state index in [-0.39, 0.29) is 11.8 Å². The van der Waals surface area contributed by atoms with Crippen LogP contribution in [0, 0.1) is 11.8 Å². The number of halogens is 1. The molecular formula is C13H24BrNO. The summed E-state index contributed by atoms with van der Waals surface area (Å²) in [6.07, 6.45) is 7.04. The molecule has 0 radical (unpaired) electrons. The Morgan fingerprint density at radius 2 is 1.94 bits per heavy atom. The molecule has 2 unspecified atom stereocenters. The van der Waals surface area contributed by atoms with Gasteiger partial charge in [0.25, 0.3) is 0 Å². The lowest BCUT2D eigenvalue weighted by atomic mass is 9.89. The normalized spacial score (nSPS) is 25.8. The largest absolute Gasteiger partial charge is 0.356 e. The topological polar surface area (TPSA) is 29.1 Å². The number of amides is 1. The van der Waals surface area contributed by atoms with Crippen LogP contribution < -0.4 is 5.32 Å². The minimum absolute atomic E-state index is 0.206. The van der Waals surface area contributed by atoms with E-state index in [0.29, 0.717) is 10.7 Å². The summed E-state index contributed by atoms with van der Waals surface area (Å²) in [5, 5.41) is 3.12. The Bertz CT molecular complexity index is 216. The van der Waals surface area contributed by atoms with Crippen LogP contribution in [-0.2, 0) is 4.79 Å². The average Bonchev–Trinajstić information content (AvgIpc) is 2.29. The molecule has 1 amide bonds. The van der Waals surface area contributed by atoms with Crippen molar-refractivity contribution < 1.29 is 4.79 Å². The standard InChI is InChI=1S/C13H24BrNO/c1-3-10(4-2)13(16)15-9-11-7-5-6-8-12(11)14/h10-12H,3-9H2,1-2H3,(H,15,16). The number of hydrogen-bond donors (Lipinski definition) is 1. The Labute approximate surface area is 108 Å². The molecule has 1 aliphatic rings. The summed E-state index contributed by atoms with van der Waals surface area (Å²) in [5.41, 5.74) is 0. The van der Waals surface area contributed by atoms with E-state index in [1.54, 1.807) is 0 Å². The SMILES string of the molecule is CCC(CC)C(=O)NCC1CCCCC1Br. The molecular weight excluding hydrogens is 266 g/mol. The minimum atomic E-state index is 0.206. The predicted molar refractivity (Wildman–Crippen MR) is 71.8 cm³/mol. The molecule has 3 heteroatoms. The molecule has 0 aliphatic heterocycles. The van der Waals surface area contributed by atoms with Crippen LogP contribution in [0.15, 0.2) is 0 Å². The highest BCUT2D eigenvalue weighted by Gasteiger charge is 2.23. The molecule has 1 aliphatic carbocycles. The molecule has 1 fully saturated rings. The van der Waals surface area contributed by atoms with Crippen LogP contribution in [0.1, 0.15) is 52.4 Å². The van der Waals surface area contributed by atoms with Crippen molar-refractivity contribution in [2.45, 2.75) is 57.2 Å². The molecule has 0 saturated heterocycles. The number of hydrogen-bond acceptors (Lipinski definition) is 1. The van der Waals surface area contributed by atoms with E-state index < -0.39 is 0 Å². The van der Waals surface area contributed by atoms with E-state index in [1.807, 2.05) is 0 Å². The van der Waals surface area contributed by atoms with Crippen molar-refractivity contribution in [1.29, 1.82) is 0 Å². The Kier molecular flexibility index (Phi) is 6.40. The molecule has 0 spiro atoms. The maximum atomic E-state index is 11.8. The van der Waals surface area contributed by atoms with Crippen LogP contribution in [0.2, 0.25) is 0 Å². The molecule has 1 saturated carbocycles. The molecule has 16 heavy (non-hydrogen) atoms. The van der Waals surface area contributed by atoms with Gasteiger partial charge < -0.3 is 5.32 Å². The summed E-state index contributed by atoms with van der Waals surface area (Å²) in [6.45, 7) is 5.02. The van der Waals surface area contributed by atoms with Crippen LogP contribution in [0.5, 0.6) is 0 Å².